The van der Waals surface area contributed by atoms with Gasteiger partial charge in [0.15, 0.2) is 0 Å². The van der Waals surface area contributed by atoms with E-state index in [4.69, 9.17) is 4.74 Å². The molecule has 0 radical (unpaired) electrons. The molecule has 0 unspecified atom stereocenters. The molecule has 2 amide bonds. The average molecular weight is 590 g/mol. The summed E-state index contributed by atoms with van der Waals surface area (Å²) in [4.78, 5) is 29.5. The van der Waals surface area contributed by atoms with Gasteiger partial charge in [0, 0.05) is 36.8 Å². The normalized spacial score (nSPS) is 18.5. The van der Waals surface area contributed by atoms with E-state index in [1.54, 1.807) is 30.0 Å². The molecular weight excluding hydrogens is 555 g/mol. The van der Waals surface area contributed by atoms with Crippen LogP contribution in [0.4, 0.5) is 18.9 Å². The predicted molar refractivity (Wildman–Crippen MR) is 146 cm³/mol. The lowest BCUT2D eigenvalue weighted by molar-refractivity contribution is -0.137. The maximum Gasteiger partial charge on any atom is 0.416 e. The van der Waals surface area contributed by atoms with Gasteiger partial charge >= 0.3 is 6.18 Å². The fourth-order valence-corrected chi connectivity index (χ4v) is 4.81. The maximum absolute atomic E-state index is 13.4. The summed E-state index contributed by atoms with van der Waals surface area (Å²) < 4.78 is 46.7. The molecule has 11 nitrogen and oxygen atoms in total. The lowest BCUT2D eigenvalue weighted by Crippen LogP contribution is -2.47. The number of fused-ring (bicyclic) bond motifs is 1. The minimum Gasteiger partial charge on any atom is -0.488 e. The van der Waals surface area contributed by atoms with Crippen molar-refractivity contribution in [2.45, 2.75) is 51.7 Å². The first-order chi connectivity index (χ1) is 19.9. The third-order valence-electron chi connectivity index (χ3n) is 7.12. The first-order valence-electron chi connectivity index (χ1n) is 13.5. The molecule has 1 aromatic heterocycles. The van der Waals surface area contributed by atoms with Crippen LogP contribution in [-0.2, 0) is 35.3 Å². The van der Waals surface area contributed by atoms with E-state index in [0.29, 0.717) is 36.6 Å². The number of carbonyl (C=O) groups excluding carboxylic acids is 2. The summed E-state index contributed by atoms with van der Waals surface area (Å²) >= 11 is 0. The van der Waals surface area contributed by atoms with Gasteiger partial charge < -0.3 is 20.1 Å². The Morgan fingerprint density at radius 3 is 2.62 bits per heavy atom. The van der Waals surface area contributed by atoms with Crippen molar-refractivity contribution >= 4 is 17.5 Å². The molecule has 0 bridgehead atoms. The van der Waals surface area contributed by atoms with Crippen molar-refractivity contribution in [1.29, 1.82) is 0 Å². The van der Waals surface area contributed by atoms with Gasteiger partial charge in [-0.2, -0.15) is 13.2 Å². The van der Waals surface area contributed by atoms with Gasteiger partial charge in [0.2, 0.25) is 11.8 Å². The number of hydrogen-bond acceptors (Lipinski definition) is 8. The zero-order chi connectivity index (χ0) is 30.4. The van der Waals surface area contributed by atoms with Gasteiger partial charge in [0.1, 0.15) is 24.7 Å². The van der Waals surface area contributed by atoms with Crippen LogP contribution in [0.2, 0.25) is 0 Å². The zero-order valence-corrected chi connectivity index (χ0v) is 23.6. The van der Waals surface area contributed by atoms with Crippen LogP contribution in [0.3, 0.4) is 0 Å². The number of aromatic nitrogens is 4. The SMILES string of the molecule is C[C@@H]1CN([C@@H](C)CO)C(=O)Cc2cc(NC(=O)Cn3cnnn3)ccc2O[C@@H]1CN(C)Cc1ccc(C(F)(F)F)cc1. The number of halogens is 3. The summed E-state index contributed by atoms with van der Waals surface area (Å²) in [6, 6.07) is 9.70. The molecule has 14 heteroatoms. The second-order valence-corrected chi connectivity index (χ2v) is 10.7. The Kier molecular flexibility index (Phi) is 9.78. The second kappa shape index (κ2) is 13.3. The minimum absolute atomic E-state index is 0.00276. The van der Waals surface area contributed by atoms with Crippen molar-refractivity contribution in [3.8, 4) is 5.75 Å². The molecule has 0 saturated carbocycles. The summed E-state index contributed by atoms with van der Waals surface area (Å²) in [7, 11) is 1.85. The Bertz CT molecular complexity index is 1350. The van der Waals surface area contributed by atoms with Gasteiger partial charge in [-0.25, -0.2) is 4.68 Å². The van der Waals surface area contributed by atoms with Crippen LogP contribution in [0.25, 0.3) is 0 Å². The highest BCUT2D eigenvalue weighted by Gasteiger charge is 2.32. The molecule has 0 fully saturated rings. The monoisotopic (exact) mass is 589 g/mol. The Hall–Kier alpha value is -4.04. The number of tetrazole rings is 1. The molecule has 3 atom stereocenters. The molecule has 2 N–H and O–H groups in total. The van der Waals surface area contributed by atoms with Gasteiger partial charge in [-0.3, -0.25) is 14.5 Å². The summed E-state index contributed by atoms with van der Waals surface area (Å²) in [5, 5.41) is 23.3. The topological polar surface area (TPSA) is 126 Å². The van der Waals surface area contributed by atoms with Crippen molar-refractivity contribution in [2.75, 3.05) is 32.1 Å². The van der Waals surface area contributed by atoms with Crippen LogP contribution in [0.15, 0.2) is 48.8 Å². The number of anilines is 1. The standard InChI is InChI=1S/C28H34F3N7O4/c1-18-12-38(19(2)16-39)27(41)11-21-10-23(33-26(40)15-37-17-32-34-35-37)8-9-24(21)42-25(18)14-36(3)13-20-4-6-22(7-5-20)28(29,30)31/h4-10,17-19,25,39H,11-16H2,1-3H3,(H,33,40)/t18-,19+,25-/m1/s1. The van der Waals surface area contributed by atoms with Crippen molar-refractivity contribution in [1.82, 2.24) is 30.0 Å². The Morgan fingerprint density at radius 2 is 1.98 bits per heavy atom. The minimum atomic E-state index is -4.40. The average Bonchev–Trinajstić information content (AvgIpc) is 3.45. The number of amides is 2. The summed E-state index contributed by atoms with van der Waals surface area (Å²) in [5.41, 5.74) is 1.05. The van der Waals surface area contributed by atoms with E-state index < -0.39 is 23.9 Å². The largest absolute Gasteiger partial charge is 0.488 e. The Morgan fingerprint density at radius 1 is 1.24 bits per heavy atom. The van der Waals surface area contributed by atoms with Crippen molar-refractivity contribution in [2.24, 2.45) is 5.92 Å². The third kappa shape index (κ3) is 8.03. The number of aliphatic hydroxyl groups is 1. The van der Waals surface area contributed by atoms with Gasteiger partial charge in [-0.15, -0.1) is 5.10 Å². The molecule has 1 aliphatic heterocycles. The summed E-state index contributed by atoms with van der Waals surface area (Å²) in [5.74, 6) is -0.214. The Balaban J connectivity index is 1.54. The summed E-state index contributed by atoms with van der Waals surface area (Å²) in [6.45, 7) is 4.57. The van der Waals surface area contributed by atoms with Crippen LogP contribution in [0.1, 0.15) is 30.5 Å². The number of nitrogens with zero attached hydrogens (tertiary/aromatic N) is 6. The molecule has 2 heterocycles. The van der Waals surface area contributed by atoms with Crippen LogP contribution in [0.5, 0.6) is 5.75 Å². The van der Waals surface area contributed by atoms with E-state index in [-0.39, 0.29) is 37.3 Å². The lowest BCUT2D eigenvalue weighted by atomic mass is 10.0. The second-order valence-electron chi connectivity index (χ2n) is 10.7. The number of aliphatic hydroxyl groups excluding tert-OH is 1. The van der Waals surface area contributed by atoms with E-state index >= 15 is 0 Å². The smallest absolute Gasteiger partial charge is 0.416 e. The molecule has 0 saturated heterocycles. The van der Waals surface area contributed by atoms with Gasteiger partial charge in [0.25, 0.3) is 0 Å². The van der Waals surface area contributed by atoms with E-state index in [2.05, 4.69) is 20.8 Å². The zero-order valence-electron chi connectivity index (χ0n) is 23.6. The van der Waals surface area contributed by atoms with E-state index in [0.717, 1.165) is 17.7 Å². The number of nitrogens with one attached hydrogen (secondary N) is 1. The van der Waals surface area contributed by atoms with E-state index in [1.165, 1.54) is 23.1 Å². The highest BCUT2D eigenvalue weighted by molar-refractivity contribution is 5.91. The lowest BCUT2D eigenvalue weighted by Gasteiger charge is -2.34. The quantitative estimate of drug-likeness (QED) is 0.390. The van der Waals surface area contributed by atoms with Gasteiger partial charge in [-0.05, 0) is 60.3 Å². The molecule has 4 rings (SSSR count). The molecule has 42 heavy (non-hydrogen) atoms. The van der Waals surface area contributed by atoms with Gasteiger partial charge in [0.05, 0.1) is 24.6 Å². The maximum atomic E-state index is 13.4. The third-order valence-corrected chi connectivity index (χ3v) is 7.12. The van der Waals surface area contributed by atoms with Crippen molar-refractivity contribution < 1.29 is 32.6 Å². The molecule has 226 valence electrons. The predicted octanol–water partition coefficient (Wildman–Crippen LogP) is 2.61. The number of hydrogen-bond donors (Lipinski definition) is 2. The first-order valence-corrected chi connectivity index (χ1v) is 13.5. The van der Waals surface area contributed by atoms with Crippen LogP contribution in [0, 0.1) is 5.92 Å². The van der Waals surface area contributed by atoms with Crippen LogP contribution in [-0.4, -0.2) is 85.8 Å². The fraction of sp³-hybridized carbons (Fsp3) is 0.464. The molecule has 0 spiro atoms. The van der Waals surface area contributed by atoms with Crippen molar-refractivity contribution in [3.63, 3.8) is 0 Å². The molecule has 2 aromatic carbocycles. The number of ether oxygens (including phenoxy) is 1. The van der Waals surface area contributed by atoms with Gasteiger partial charge in [-0.1, -0.05) is 19.1 Å². The highest BCUT2D eigenvalue weighted by atomic mass is 19.4. The number of alkyl halides is 3. The first kappa shape index (κ1) is 30.9. The molecular formula is C28H34F3N7O4. The number of benzene rings is 2. The van der Waals surface area contributed by atoms with Crippen molar-refractivity contribution in [3.05, 3.63) is 65.5 Å². The molecule has 0 aliphatic carbocycles. The van der Waals surface area contributed by atoms with Crippen LogP contribution >= 0.6 is 0 Å². The van der Waals surface area contributed by atoms with E-state index in [9.17, 15) is 27.9 Å². The summed E-state index contributed by atoms with van der Waals surface area (Å²) in [6.07, 6.45) is -3.48. The fourth-order valence-electron chi connectivity index (χ4n) is 4.81. The number of rotatable bonds is 9. The highest BCUT2D eigenvalue weighted by Crippen LogP contribution is 2.31. The molecule has 3 aromatic rings. The number of carbonyl (C=O) groups is 2. The molecule has 1 aliphatic rings. The van der Waals surface area contributed by atoms with Crippen LogP contribution < -0.4 is 10.1 Å². The van der Waals surface area contributed by atoms with E-state index in [1.807, 2.05) is 18.9 Å². The number of likely N-dealkylation sites (N-methyl/N-ethyl adjacent to an activating group) is 1. The Labute approximate surface area is 241 Å².